The van der Waals surface area contributed by atoms with E-state index in [4.69, 9.17) is 11.6 Å². The fraction of sp³-hybridized carbons (Fsp3) is 0.455. The second-order valence-electron chi connectivity index (χ2n) is 8.39. The molecule has 2 amide bonds. The monoisotopic (exact) mass is 497 g/mol. The number of H-pyrrole nitrogens is 1. The van der Waals surface area contributed by atoms with Crippen LogP contribution in [-0.4, -0.2) is 34.4 Å². The van der Waals surface area contributed by atoms with E-state index in [9.17, 15) is 27.6 Å². The molecule has 0 saturated carbocycles. The zero-order chi connectivity index (χ0) is 24.6. The van der Waals surface area contributed by atoms with Gasteiger partial charge in [0.05, 0.1) is 22.1 Å². The molecule has 0 spiro atoms. The fourth-order valence-corrected chi connectivity index (χ4v) is 4.70. The molecule has 0 radical (unpaired) electrons. The molecule has 3 heterocycles. The highest BCUT2D eigenvalue weighted by Crippen LogP contribution is 2.37. The number of rotatable bonds is 4. The molecule has 4 rings (SSSR count). The number of hydrogen-bond acceptors (Lipinski definition) is 5. The van der Waals surface area contributed by atoms with E-state index in [-0.39, 0.29) is 29.5 Å². The summed E-state index contributed by atoms with van der Waals surface area (Å²) in [5.74, 6) is -2.22. The first kappa shape index (κ1) is 24.1. The molecule has 2 aromatic rings. The lowest BCUT2D eigenvalue weighted by Gasteiger charge is -2.36. The van der Waals surface area contributed by atoms with Crippen LogP contribution in [-0.2, 0) is 15.8 Å². The molecular formula is C22H23ClF3N5O3. The van der Waals surface area contributed by atoms with Gasteiger partial charge in [-0.2, -0.15) is 18.2 Å². The number of halogens is 4. The highest BCUT2D eigenvalue weighted by atomic mass is 35.5. The van der Waals surface area contributed by atoms with Gasteiger partial charge in [0.1, 0.15) is 5.82 Å². The van der Waals surface area contributed by atoms with E-state index in [1.807, 2.05) is 11.8 Å². The lowest BCUT2D eigenvalue weighted by Crippen LogP contribution is -2.43. The van der Waals surface area contributed by atoms with Gasteiger partial charge in [0.2, 0.25) is 17.8 Å². The Balaban J connectivity index is 1.65. The van der Waals surface area contributed by atoms with Crippen molar-refractivity contribution in [2.75, 3.05) is 22.1 Å². The van der Waals surface area contributed by atoms with E-state index in [0.29, 0.717) is 18.6 Å². The molecule has 1 saturated heterocycles. The molecule has 182 valence electrons. The predicted molar refractivity (Wildman–Crippen MR) is 121 cm³/mol. The number of carbonyl (C=O) groups excluding carboxylic acids is 2. The van der Waals surface area contributed by atoms with Crippen molar-refractivity contribution in [1.82, 2.24) is 9.97 Å². The molecule has 1 fully saturated rings. The Morgan fingerprint density at radius 3 is 2.76 bits per heavy atom. The van der Waals surface area contributed by atoms with Gasteiger partial charge in [-0.1, -0.05) is 18.5 Å². The highest BCUT2D eigenvalue weighted by Gasteiger charge is 2.37. The van der Waals surface area contributed by atoms with Crippen molar-refractivity contribution in [3.8, 4) is 0 Å². The molecule has 1 aromatic heterocycles. The number of nitrogens with one attached hydrogen (secondary N) is 3. The van der Waals surface area contributed by atoms with E-state index in [1.54, 1.807) is 0 Å². The number of benzene rings is 1. The van der Waals surface area contributed by atoms with Gasteiger partial charge in [0, 0.05) is 24.7 Å². The summed E-state index contributed by atoms with van der Waals surface area (Å²) in [5.41, 5.74) is -1.87. The summed E-state index contributed by atoms with van der Waals surface area (Å²) in [6, 6.07) is 3.13. The Hall–Kier alpha value is -3.08. The number of hydrogen-bond donors (Lipinski definition) is 3. The van der Waals surface area contributed by atoms with E-state index in [2.05, 4.69) is 20.6 Å². The highest BCUT2D eigenvalue weighted by molar-refractivity contribution is 6.31. The summed E-state index contributed by atoms with van der Waals surface area (Å²) in [7, 11) is 0. The van der Waals surface area contributed by atoms with Crippen LogP contribution in [0.5, 0.6) is 0 Å². The first-order valence-corrected chi connectivity index (χ1v) is 11.3. The van der Waals surface area contributed by atoms with Crippen LogP contribution in [0.25, 0.3) is 0 Å². The summed E-state index contributed by atoms with van der Waals surface area (Å²) in [6.45, 7) is 2.75. The smallest absolute Gasteiger partial charge is 0.339 e. The Bertz CT molecular complexity index is 1180. The minimum atomic E-state index is -4.71. The maximum atomic E-state index is 13.2. The number of carbonyl (C=O) groups is 2. The predicted octanol–water partition coefficient (Wildman–Crippen LogP) is 4.28. The SMILES string of the molecule is CC[C@@H]1CCCCN1c1nc2c(c(=O)[nH]1)[C@H](C(=O)Nc1ccc(Cl)c(C(F)(F)F)c1)CC(=O)N2. The summed E-state index contributed by atoms with van der Waals surface area (Å²) in [6.07, 6.45) is -1.23. The lowest BCUT2D eigenvalue weighted by molar-refractivity contribution is -0.137. The second kappa shape index (κ2) is 9.28. The zero-order valence-corrected chi connectivity index (χ0v) is 19.0. The van der Waals surface area contributed by atoms with Crippen LogP contribution in [0.4, 0.5) is 30.6 Å². The average molecular weight is 498 g/mol. The molecule has 2 aliphatic rings. The number of aromatic amines is 1. The van der Waals surface area contributed by atoms with E-state index in [1.165, 1.54) is 6.07 Å². The van der Waals surface area contributed by atoms with Gasteiger partial charge in [-0.05, 0) is 43.9 Å². The molecule has 0 aliphatic carbocycles. The lowest BCUT2D eigenvalue weighted by atomic mass is 9.92. The first-order chi connectivity index (χ1) is 16.1. The quantitative estimate of drug-likeness (QED) is 0.584. The van der Waals surface area contributed by atoms with Gasteiger partial charge in [-0.3, -0.25) is 19.4 Å². The third-order valence-electron chi connectivity index (χ3n) is 6.16. The standard InChI is InChI=1S/C22H23ClF3N5O3/c1-2-12-5-3-4-8-31(12)21-29-18-17(20(34)30-21)13(10-16(32)28-18)19(33)27-11-6-7-15(23)14(9-11)22(24,25)26/h6-7,9,12-13H,2-5,8,10H2,1H3,(H,27,33)(H2,28,29,30,32,34)/t12-,13-/m1/s1. The maximum absolute atomic E-state index is 13.2. The van der Waals surface area contributed by atoms with Crippen molar-refractivity contribution in [3.05, 3.63) is 44.7 Å². The van der Waals surface area contributed by atoms with Crippen molar-refractivity contribution >= 4 is 40.9 Å². The van der Waals surface area contributed by atoms with E-state index in [0.717, 1.165) is 31.7 Å². The molecule has 2 atom stereocenters. The van der Waals surface area contributed by atoms with Gasteiger partial charge >= 0.3 is 6.18 Å². The summed E-state index contributed by atoms with van der Waals surface area (Å²) >= 11 is 5.63. The molecule has 0 unspecified atom stereocenters. The summed E-state index contributed by atoms with van der Waals surface area (Å²) in [5, 5.41) is 4.41. The van der Waals surface area contributed by atoms with Gasteiger partial charge in [0.25, 0.3) is 5.56 Å². The molecule has 12 heteroatoms. The van der Waals surface area contributed by atoms with Crippen LogP contribution in [0, 0.1) is 0 Å². The number of aromatic nitrogens is 2. The number of piperidine rings is 1. The molecular weight excluding hydrogens is 475 g/mol. The van der Waals surface area contributed by atoms with Crippen LogP contribution in [0.15, 0.2) is 23.0 Å². The van der Waals surface area contributed by atoms with Gasteiger partial charge in [-0.15, -0.1) is 0 Å². The van der Waals surface area contributed by atoms with Gasteiger partial charge < -0.3 is 15.5 Å². The maximum Gasteiger partial charge on any atom is 0.417 e. The molecule has 8 nitrogen and oxygen atoms in total. The largest absolute Gasteiger partial charge is 0.417 e. The molecule has 3 N–H and O–H groups in total. The van der Waals surface area contributed by atoms with Crippen molar-refractivity contribution in [3.63, 3.8) is 0 Å². The zero-order valence-electron chi connectivity index (χ0n) is 18.3. The van der Waals surface area contributed by atoms with E-state index >= 15 is 0 Å². The van der Waals surface area contributed by atoms with Crippen molar-refractivity contribution in [2.45, 2.75) is 57.2 Å². The van der Waals surface area contributed by atoms with Crippen LogP contribution in [0.2, 0.25) is 5.02 Å². The second-order valence-corrected chi connectivity index (χ2v) is 8.80. The average Bonchev–Trinajstić information content (AvgIpc) is 2.78. The van der Waals surface area contributed by atoms with Gasteiger partial charge in [0.15, 0.2) is 0 Å². The van der Waals surface area contributed by atoms with Gasteiger partial charge in [-0.25, -0.2) is 0 Å². The molecule has 34 heavy (non-hydrogen) atoms. The summed E-state index contributed by atoms with van der Waals surface area (Å²) < 4.78 is 39.5. The number of alkyl halides is 3. The van der Waals surface area contributed by atoms with Crippen molar-refractivity contribution < 1.29 is 22.8 Å². The molecule has 0 bridgehead atoms. The number of amides is 2. The van der Waals surface area contributed by atoms with Crippen LogP contribution in [0.1, 0.15) is 56.1 Å². The fourth-order valence-electron chi connectivity index (χ4n) is 4.47. The van der Waals surface area contributed by atoms with Crippen LogP contribution in [0.3, 0.4) is 0 Å². The van der Waals surface area contributed by atoms with Crippen LogP contribution >= 0.6 is 11.6 Å². The third kappa shape index (κ3) is 4.75. The normalized spacial score (nSPS) is 20.5. The van der Waals surface area contributed by atoms with E-state index < -0.39 is 40.1 Å². The summed E-state index contributed by atoms with van der Waals surface area (Å²) in [4.78, 5) is 47.4. The van der Waals surface area contributed by atoms with Crippen LogP contribution < -0.4 is 21.1 Å². The number of anilines is 3. The minimum Gasteiger partial charge on any atom is -0.339 e. The van der Waals surface area contributed by atoms with Crippen molar-refractivity contribution in [2.24, 2.45) is 0 Å². The number of fused-ring (bicyclic) bond motifs is 1. The van der Waals surface area contributed by atoms with Crippen molar-refractivity contribution in [1.29, 1.82) is 0 Å². The topological polar surface area (TPSA) is 107 Å². The Labute approximate surface area is 197 Å². The molecule has 1 aromatic carbocycles. The third-order valence-corrected chi connectivity index (χ3v) is 6.49. The Morgan fingerprint density at radius 2 is 2.06 bits per heavy atom. The Morgan fingerprint density at radius 1 is 1.29 bits per heavy atom. The number of nitrogens with zero attached hydrogens (tertiary/aromatic N) is 2. The first-order valence-electron chi connectivity index (χ1n) is 11.0. The molecule has 2 aliphatic heterocycles. The minimum absolute atomic E-state index is 0.0114. The Kier molecular flexibility index (Phi) is 6.57.